The molecule has 2 atom stereocenters. The molecule has 12 heavy (non-hydrogen) atoms. The first-order chi connectivity index (χ1) is 5.43. The van der Waals surface area contributed by atoms with Gasteiger partial charge in [-0.05, 0) is 18.3 Å². The fraction of sp³-hybridized carbons (Fsp3) is 0.889. The molecule has 0 spiro atoms. The third kappa shape index (κ3) is 5.13. The van der Waals surface area contributed by atoms with Crippen LogP contribution in [0, 0.1) is 11.8 Å². The van der Waals surface area contributed by atoms with Gasteiger partial charge >= 0.3 is 5.97 Å². The van der Waals surface area contributed by atoms with Gasteiger partial charge in [0.05, 0.1) is 0 Å². The molecule has 0 aromatic rings. The molecule has 0 aliphatic rings. The van der Waals surface area contributed by atoms with Gasteiger partial charge in [-0.25, -0.2) is 0 Å². The lowest BCUT2D eigenvalue weighted by Gasteiger charge is -2.18. The fourth-order valence-electron chi connectivity index (χ4n) is 1.12. The highest BCUT2D eigenvalue weighted by atomic mass is 16.4. The molecule has 0 aromatic heterocycles. The van der Waals surface area contributed by atoms with Gasteiger partial charge in [-0.1, -0.05) is 20.8 Å². The van der Waals surface area contributed by atoms with E-state index in [0.717, 1.165) is 6.42 Å². The summed E-state index contributed by atoms with van der Waals surface area (Å²) < 4.78 is 0. The Morgan fingerprint density at radius 2 is 1.92 bits per heavy atom. The van der Waals surface area contributed by atoms with Crippen LogP contribution in [0.2, 0.25) is 0 Å². The molecule has 3 nitrogen and oxygen atoms in total. The maximum Gasteiger partial charge on any atom is 0.303 e. The molecule has 0 rings (SSSR count). The van der Waals surface area contributed by atoms with Gasteiger partial charge in [0.2, 0.25) is 0 Å². The minimum atomic E-state index is -0.738. The van der Waals surface area contributed by atoms with E-state index >= 15 is 0 Å². The molecule has 72 valence electrons. The first-order valence-electron chi connectivity index (χ1n) is 4.40. The first-order valence-corrected chi connectivity index (χ1v) is 4.40. The number of nitrogens with two attached hydrogens (primary N) is 1. The maximum absolute atomic E-state index is 10.3. The van der Waals surface area contributed by atoms with Gasteiger partial charge < -0.3 is 10.8 Å². The van der Waals surface area contributed by atoms with Crippen molar-refractivity contribution in [3.05, 3.63) is 0 Å². The van der Waals surface area contributed by atoms with E-state index in [2.05, 4.69) is 13.8 Å². The van der Waals surface area contributed by atoms with Crippen LogP contribution in [0.15, 0.2) is 0 Å². The number of hydrogen-bond donors (Lipinski definition) is 2. The largest absolute Gasteiger partial charge is 0.481 e. The monoisotopic (exact) mass is 173 g/mol. The lowest BCUT2D eigenvalue weighted by molar-refractivity contribution is -0.138. The van der Waals surface area contributed by atoms with E-state index in [1.165, 1.54) is 0 Å². The normalized spacial score (nSPS) is 16.1. The van der Waals surface area contributed by atoms with E-state index in [1.54, 1.807) is 0 Å². The van der Waals surface area contributed by atoms with Gasteiger partial charge in [0.25, 0.3) is 0 Å². The lowest BCUT2D eigenvalue weighted by atomic mass is 9.93. The van der Waals surface area contributed by atoms with E-state index in [-0.39, 0.29) is 18.4 Å². The highest BCUT2D eigenvalue weighted by molar-refractivity contribution is 5.66. The van der Waals surface area contributed by atoms with Crippen LogP contribution in [0.4, 0.5) is 0 Å². The van der Waals surface area contributed by atoms with Gasteiger partial charge in [0.15, 0.2) is 0 Å². The SMILES string of the molecule is CC(C)[C@@H](N)C[C@@H](C)CC(=O)O. The number of carboxylic acid groups (broad SMARTS) is 1. The molecule has 0 heterocycles. The molecule has 0 fully saturated rings. The van der Waals surface area contributed by atoms with Crippen LogP contribution in [-0.4, -0.2) is 17.1 Å². The quantitative estimate of drug-likeness (QED) is 0.661. The van der Waals surface area contributed by atoms with E-state index in [4.69, 9.17) is 10.8 Å². The second-order valence-electron chi connectivity index (χ2n) is 3.85. The molecule has 3 N–H and O–H groups in total. The van der Waals surface area contributed by atoms with E-state index in [9.17, 15) is 4.79 Å². The van der Waals surface area contributed by atoms with Crippen molar-refractivity contribution in [2.24, 2.45) is 17.6 Å². The Kier molecular flexibility index (Phi) is 4.90. The minimum Gasteiger partial charge on any atom is -0.481 e. The van der Waals surface area contributed by atoms with Crippen LogP contribution < -0.4 is 5.73 Å². The van der Waals surface area contributed by atoms with Gasteiger partial charge in [-0.3, -0.25) is 4.79 Å². The highest BCUT2D eigenvalue weighted by Gasteiger charge is 2.14. The molecule has 0 radical (unpaired) electrons. The third-order valence-electron chi connectivity index (χ3n) is 2.05. The molecule has 0 saturated carbocycles. The van der Waals surface area contributed by atoms with E-state index < -0.39 is 5.97 Å². The fourth-order valence-corrected chi connectivity index (χ4v) is 1.12. The predicted octanol–water partition coefficient (Wildman–Crippen LogP) is 1.47. The van der Waals surface area contributed by atoms with Gasteiger partial charge in [-0.15, -0.1) is 0 Å². The van der Waals surface area contributed by atoms with Gasteiger partial charge in [-0.2, -0.15) is 0 Å². The van der Waals surface area contributed by atoms with Crippen LogP contribution in [-0.2, 0) is 4.79 Å². The van der Waals surface area contributed by atoms with Crippen molar-refractivity contribution in [3.63, 3.8) is 0 Å². The molecule has 0 bridgehead atoms. The molecular formula is C9H19NO2. The van der Waals surface area contributed by atoms with Crippen molar-refractivity contribution < 1.29 is 9.90 Å². The number of rotatable bonds is 5. The summed E-state index contributed by atoms with van der Waals surface area (Å²) in [7, 11) is 0. The lowest BCUT2D eigenvalue weighted by Crippen LogP contribution is -2.29. The van der Waals surface area contributed by atoms with Crippen LogP contribution in [0.3, 0.4) is 0 Å². The second-order valence-corrected chi connectivity index (χ2v) is 3.85. The average molecular weight is 173 g/mol. The summed E-state index contributed by atoms with van der Waals surface area (Å²) in [4.78, 5) is 10.3. The summed E-state index contributed by atoms with van der Waals surface area (Å²) >= 11 is 0. The smallest absolute Gasteiger partial charge is 0.303 e. The van der Waals surface area contributed by atoms with Crippen molar-refractivity contribution in [2.75, 3.05) is 0 Å². The van der Waals surface area contributed by atoms with Gasteiger partial charge in [0.1, 0.15) is 0 Å². The Hall–Kier alpha value is -0.570. The summed E-state index contributed by atoms with van der Waals surface area (Å²) in [6.07, 6.45) is 1.02. The Balaban J connectivity index is 3.68. The summed E-state index contributed by atoms with van der Waals surface area (Å²) in [5.74, 6) is -0.125. The predicted molar refractivity (Wildman–Crippen MR) is 48.8 cm³/mol. The van der Waals surface area contributed by atoms with Crippen molar-refractivity contribution in [1.29, 1.82) is 0 Å². The molecule has 0 saturated heterocycles. The Morgan fingerprint density at radius 1 is 1.42 bits per heavy atom. The zero-order valence-electron chi connectivity index (χ0n) is 8.08. The molecular weight excluding hydrogens is 154 g/mol. The zero-order valence-corrected chi connectivity index (χ0v) is 8.08. The number of carbonyl (C=O) groups is 1. The average Bonchev–Trinajstić information content (AvgIpc) is 1.84. The van der Waals surface area contributed by atoms with Crippen LogP contribution in [0.5, 0.6) is 0 Å². The standard InChI is InChI=1S/C9H19NO2/c1-6(2)8(10)4-7(3)5-9(11)12/h6-8H,4-5,10H2,1-3H3,(H,11,12)/t7-,8+/m1/s1. The maximum atomic E-state index is 10.3. The third-order valence-corrected chi connectivity index (χ3v) is 2.05. The highest BCUT2D eigenvalue weighted by Crippen LogP contribution is 2.13. The molecule has 0 aliphatic carbocycles. The number of aliphatic carboxylic acids is 1. The molecule has 0 aromatic carbocycles. The Labute approximate surface area is 74.0 Å². The van der Waals surface area contributed by atoms with Crippen molar-refractivity contribution in [3.8, 4) is 0 Å². The first kappa shape index (κ1) is 11.4. The van der Waals surface area contributed by atoms with Gasteiger partial charge in [0, 0.05) is 12.5 Å². The number of carboxylic acids is 1. The summed E-state index contributed by atoms with van der Waals surface area (Å²) in [6, 6.07) is 0.124. The van der Waals surface area contributed by atoms with Crippen molar-refractivity contribution in [2.45, 2.75) is 39.7 Å². The van der Waals surface area contributed by atoms with Crippen molar-refractivity contribution in [1.82, 2.24) is 0 Å². The van der Waals surface area contributed by atoms with Crippen LogP contribution in [0.25, 0.3) is 0 Å². The minimum absolute atomic E-state index is 0.124. The molecule has 0 aliphatic heterocycles. The zero-order chi connectivity index (χ0) is 9.72. The second kappa shape index (κ2) is 5.14. The summed E-state index contributed by atoms with van der Waals surface area (Å²) in [6.45, 7) is 6.03. The van der Waals surface area contributed by atoms with E-state index in [0.29, 0.717) is 5.92 Å². The Morgan fingerprint density at radius 3 is 2.25 bits per heavy atom. The molecule has 0 amide bonds. The molecule has 3 heteroatoms. The summed E-state index contributed by atoms with van der Waals surface area (Å²) in [5, 5.41) is 8.49. The molecule has 0 unspecified atom stereocenters. The topological polar surface area (TPSA) is 63.3 Å². The van der Waals surface area contributed by atoms with Crippen molar-refractivity contribution >= 4 is 5.97 Å². The van der Waals surface area contributed by atoms with Crippen LogP contribution in [0.1, 0.15) is 33.6 Å². The number of hydrogen-bond acceptors (Lipinski definition) is 2. The van der Waals surface area contributed by atoms with Crippen LogP contribution >= 0.6 is 0 Å². The Bertz CT molecular complexity index is 145. The summed E-state index contributed by atoms with van der Waals surface area (Å²) in [5.41, 5.74) is 5.80. The van der Waals surface area contributed by atoms with E-state index in [1.807, 2.05) is 6.92 Å².